The van der Waals surface area contributed by atoms with Crippen molar-refractivity contribution in [1.82, 2.24) is 14.7 Å². The maximum atomic E-state index is 11.6. The Bertz CT molecular complexity index is 414. The fourth-order valence-electron chi connectivity index (χ4n) is 1.57. The Balaban J connectivity index is 1.45. The summed E-state index contributed by atoms with van der Waals surface area (Å²) in [7, 11) is 0. The van der Waals surface area contributed by atoms with Crippen molar-refractivity contribution in [2.75, 3.05) is 23.4 Å². The Morgan fingerprint density at radius 3 is 2.88 bits per heavy atom. The molecule has 1 aromatic rings. The number of carbonyl (C=O) groups is 1. The molecule has 0 bridgehead atoms. The fourth-order valence-corrected chi connectivity index (χ4v) is 3.02. The van der Waals surface area contributed by atoms with Crippen LogP contribution in [-0.4, -0.2) is 33.4 Å². The highest BCUT2D eigenvalue weighted by Crippen LogP contribution is 2.39. The molecule has 1 saturated carbocycles. The van der Waals surface area contributed by atoms with Gasteiger partial charge in [-0.05, 0) is 30.3 Å². The first-order valence-electron chi connectivity index (χ1n) is 5.77. The zero-order chi connectivity index (χ0) is 11.7. The topological polar surface area (TPSA) is 66.9 Å². The molecule has 2 N–H and O–H groups in total. The maximum Gasteiger partial charge on any atom is 0.321 e. The van der Waals surface area contributed by atoms with Crippen LogP contribution in [0.1, 0.15) is 24.6 Å². The quantitative estimate of drug-likeness (QED) is 0.877. The minimum absolute atomic E-state index is 0.166. The van der Waals surface area contributed by atoms with E-state index in [1.54, 1.807) is 0 Å². The third kappa shape index (κ3) is 2.90. The summed E-state index contributed by atoms with van der Waals surface area (Å²) in [4.78, 5) is 15.9. The molecule has 1 saturated heterocycles. The van der Waals surface area contributed by atoms with E-state index < -0.39 is 0 Å². The van der Waals surface area contributed by atoms with E-state index in [-0.39, 0.29) is 6.03 Å². The lowest BCUT2D eigenvalue weighted by Gasteiger charge is -2.24. The van der Waals surface area contributed by atoms with E-state index >= 15 is 0 Å². The van der Waals surface area contributed by atoms with Gasteiger partial charge < -0.3 is 5.32 Å². The first-order valence-corrected chi connectivity index (χ1v) is 7.70. The van der Waals surface area contributed by atoms with Crippen LogP contribution in [0.4, 0.5) is 9.93 Å². The van der Waals surface area contributed by atoms with Gasteiger partial charge >= 0.3 is 6.03 Å². The van der Waals surface area contributed by atoms with Crippen molar-refractivity contribution in [2.24, 2.45) is 5.92 Å². The van der Waals surface area contributed by atoms with Crippen molar-refractivity contribution in [1.29, 1.82) is 0 Å². The van der Waals surface area contributed by atoms with Crippen LogP contribution in [0, 0.1) is 5.92 Å². The van der Waals surface area contributed by atoms with Crippen LogP contribution >= 0.6 is 23.3 Å². The molecule has 5 nitrogen and oxygen atoms in total. The highest BCUT2D eigenvalue weighted by molar-refractivity contribution is 8.00. The molecule has 1 aliphatic heterocycles. The standard InChI is InChI=1S/C10H14N4OS2/c15-9(11-3-6-4-16-5-6)13-10-12-8(14-17-10)7-1-2-7/h6-7H,1-5H2,(H2,11,12,13,14,15). The predicted octanol–water partition coefficient (Wildman–Crippen LogP) is 1.90. The number of hydrogen-bond acceptors (Lipinski definition) is 5. The van der Waals surface area contributed by atoms with Gasteiger partial charge in [0.15, 0.2) is 0 Å². The summed E-state index contributed by atoms with van der Waals surface area (Å²) in [6, 6.07) is -0.166. The van der Waals surface area contributed by atoms with Crippen molar-refractivity contribution >= 4 is 34.5 Å². The van der Waals surface area contributed by atoms with Gasteiger partial charge in [-0.2, -0.15) is 16.1 Å². The Labute approximate surface area is 108 Å². The van der Waals surface area contributed by atoms with Crippen molar-refractivity contribution in [3.63, 3.8) is 0 Å². The molecular weight excluding hydrogens is 256 g/mol. The van der Waals surface area contributed by atoms with Gasteiger partial charge in [0.25, 0.3) is 0 Å². The van der Waals surface area contributed by atoms with Crippen LogP contribution in [0.2, 0.25) is 0 Å². The van der Waals surface area contributed by atoms with Gasteiger partial charge in [-0.15, -0.1) is 0 Å². The molecule has 0 aromatic carbocycles. The summed E-state index contributed by atoms with van der Waals surface area (Å²) in [5.41, 5.74) is 0. The van der Waals surface area contributed by atoms with Crippen LogP contribution in [0.25, 0.3) is 0 Å². The Morgan fingerprint density at radius 2 is 2.24 bits per heavy atom. The van der Waals surface area contributed by atoms with Crippen LogP contribution in [0.15, 0.2) is 0 Å². The van der Waals surface area contributed by atoms with Gasteiger partial charge in [-0.25, -0.2) is 9.78 Å². The number of thioether (sulfide) groups is 1. The second-order valence-electron chi connectivity index (χ2n) is 4.47. The molecule has 92 valence electrons. The number of carbonyl (C=O) groups excluding carboxylic acids is 1. The summed E-state index contributed by atoms with van der Waals surface area (Å²) in [6.45, 7) is 0.757. The lowest BCUT2D eigenvalue weighted by molar-refractivity contribution is 0.251. The first-order chi connectivity index (χ1) is 8.31. The monoisotopic (exact) mass is 270 g/mol. The van der Waals surface area contributed by atoms with Crippen LogP contribution in [0.3, 0.4) is 0 Å². The van der Waals surface area contributed by atoms with E-state index in [4.69, 9.17) is 0 Å². The van der Waals surface area contributed by atoms with Gasteiger partial charge in [0.2, 0.25) is 5.13 Å². The van der Waals surface area contributed by atoms with Crippen molar-refractivity contribution in [3.05, 3.63) is 5.82 Å². The Morgan fingerprint density at radius 1 is 1.41 bits per heavy atom. The molecule has 17 heavy (non-hydrogen) atoms. The fraction of sp³-hybridized carbons (Fsp3) is 0.700. The second kappa shape index (κ2) is 4.81. The normalized spacial score (nSPS) is 19.8. The number of nitrogens with one attached hydrogen (secondary N) is 2. The molecule has 2 aliphatic rings. The van der Waals surface area contributed by atoms with Gasteiger partial charge in [0, 0.05) is 24.0 Å². The zero-order valence-electron chi connectivity index (χ0n) is 9.31. The molecule has 0 spiro atoms. The lowest BCUT2D eigenvalue weighted by Crippen LogP contribution is -2.37. The van der Waals surface area contributed by atoms with Gasteiger partial charge in [-0.3, -0.25) is 5.32 Å². The molecule has 0 radical (unpaired) electrons. The molecule has 2 heterocycles. The molecule has 0 atom stereocenters. The van der Waals surface area contributed by atoms with Crippen LogP contribution in [0.5, 0.6) is 0 Å². The van der Waals surface area contributed by atoms with E-state index in [0.717, 1.165) is 23.9 Å². The number of aromatic nitrogens is 2. The van der Waals surface area contributed by atoms with Gasteiger partial charge in [-0.1, -0.05) is 0 Å². The highest BCUT2D eigenvalue weighted by Gasteiger charge is 2.28. The average molecular weight is 270 g/mol. The van der Waals surface area contributed by atoms with E-state index in [9.17, 15) is 4.79 Å². The highest BCUT2D eigenvalue weighted by atomic mass is 32.2. The predicted molar refractivity (Wildman–Crippen MR) is 69.7 cm³/mol. The second-order valence-corrected chi connectivity index (χ2v) is 6.30. The zero-order valence-corrected chi connectivity index (χ0v) is 10.9. The minimum Gasteiger partial charge on any atom is -0.337 e. The van der Waals surface area contributed by atoms with E-state index in [0.29, 0.717) is 17.0 Å². The van der Waals surface area contributed by atoms with Crippen LogP contribution < -0.4 is 10.6 Å². The molecule has 3 rings (SSSR count). The minimum atomic E-state index is -0.166. The number of hydrogen-bond donors (Lipinski definition) is 2. The summed E-state index contributed by atoms with van der Waals surface area (Å²) in [6.07, 6.45) is 2.36. The van der Waals surface area contributed by atoms with E-state index in [1.165, 1.54) is 24.4 Å². The summed E-state index contributed by atoms with van der Waals surface area (Å²) in [5, 5.41) is 6.20. The summed E-state index contributed by atoms with van der Waals surface area (Å²) >= 11 is 3.19. The number of urea groups is 1. The smallest absolute Gasteiger partial charge is 0.321 e. The number of rotatable bonds is 4. The number of amides is 2. The summed E-state index contributed by atoms with van der Waals surface area (Å²) in [5.74, 6) is 4.38. The number of nitrogens with zero attached hydrogens (tertiary/aromatic N) is 2. The average Bonchev–Trinajstić information content (AvgIpc) is 2.98. The number of anilines is 1. The largest absolute Gasteiger partial charge is 0.337 e. The van der Waals surface area contributed by atoms with E-state index in [1.807, 2.05) is 11.8 Å². The van der Waals surface area contributed by atoms with Gasteiger partial charge in [0.05, 0.1) is 0 Å². The van der Waals surface area contributed by atoms with Crippen molar-refractivity contribution in [3.8, 4) is 0 Å². The van der Waals surface area contributed by atoms with E-state index in [2.05, 4.69) is 20.0 Å². The molecule has 1 aliphatic carbocycles. The summed E-state index contributed by atoms with van der Waals surface area (Å²) < 4.78 is 4.24. The van der Waals surface area contributed by atoms with Crippen LogP contribution in [-0.2, 0) is 0 Å². The molecule has 2 fully saturated rings. The first kappa shape index (κ1) is 11.3. The Hall–Kier alpha value is -0.820. The van der Waals surface area contributed by atoms with Gasteiger partial charge in [0.1, 0.15) is 5.82 Å². The van der Waals surface area contributed by atoms with Crippen molar-refractivity contribution in [2.45, 2.75) is 18.8 Å². The molecule has 2 amide bonds. The molecule has 7 heteroatoms. The third-order valence-electron chi connectivity index (χ3n) is 2.86. The Kier molecular flexibility index (Phi) is 3.19. The molecule has 0 unspecified atom stereocenters. The van der Waals surface area contributed by atoms with Crippen molar-refractivity contribution < 1.29 is 4.79 Å². The molecular formula is C10H14N4OS2. The molecule has 1 aromatic heterocycles. The SMILES string of the molecule is O=C(NCC1CSC1)Nc1nc(C2CC2)ns1. The maximum absolute atomic E-state index is 11.6. The lowest BCUT2D eigenvalue weighted by atomic mass is 10.2. The third-order valence-corrected chi connectivity index (χ3v) is 4.92.